The van der Waals surface area contributed by atoms with Gasteiger partial charge in [0, 0.05) is 18.7 Å². The van der Waals surface area contributed by atoms with Crippen LogP contribution in [0.4, 0.5) is 5.82 Å². The summed E-state index contributed by atoms with van der Waals surface area (Å²) in [4.78, 5) is 20.0. The highest BCUT2D eigenvalue weighted by molar-refractivity contribution is 6.03. The smallest absolute Gasteiger partial charge is 0.273 e. The van der Waals surface area contributed by atoms with Crippen LogP contribution in [0.2, 0.25) is 0 Å². The molecule has 3 heterocycles. The summed E-state index contributed by atoms with van der Waals surface area (Å²) in [6.07, 6.45) is 5.03. The molecule has 5 nitrogen and oxygen atoms in total. The molecule has 0 saturated heterocycles. The van der Waals surface area contributed by atoms with Gasteiger partial charge in [-0.2, -0.15) is 0 Å². The molecule has 2 aromatic heterocycles. The average molecular weight is 306 g/mol. The Kier molecular flexibility index (Phi) is 3.46. The third-order valence-electron chi connectivity index (χ3n) is 4.23. The van der Waals surface area contributed by atoms with E-state index in [1.54, 1.807) is 6.20 Å². The maximum Gasteiger partial charge on any atom is 0.273 e. The quantitative estimate of drug-likeness (QED) is 0.778. The van der Waals surface area contributed by atoms with Crippen molar-refractivity contribution in [1.29, 1.82) is 0 Å². The number of amides is 1. The maximum absolute atomic E-state index is 12.5. The van der Waals surface area contributed by atoms with Crippen LogP contribution >= 0.6 is 0 Å². The van der Waals surface area contributed by atoms with Crippen molar-refractivity contribution in [2.75, 3.05) is 5.32 Å². The molecule has 5 heteroatoms. The van der Waals surface area contributed by atoms with E-state index in [1.165, 1.54) is 6.42 Å². The molecule has 23 heavy (non-hydrogen) atoms. The van der Waals surface area contributed by atoms with Crippen molar-refractivity contribution < 1.29 is 4.79 Å². The summed E-state index contributed by atoms with van der Waals surface area (Å²) in [5.41, 5.74) is 2.55. The highest BCUT2D eigenvalue weighted by atomic mass is 16.2. The van der Waals surface area contributed by atoms with Crippen LogP contribution in [0.5, 0.6) is 0 Å². The fraction of sp³-hybridized carbons (Fsp3) is 0.222. The van der Waals surface area contributed by atoms with E-state index >= 15 is 0 Å². The van der Waals surface area contributed by atoms with Crippen molar-refractivity contribution in [2.24, 2.45) is 0 Å². The lowest BCUT2D eigenvalue weighted by Crippen LogP contribution is -2.18. The molecule has 1 aliphatic heterocycles. The summed E-state index contributed by atoms with van der Waals surface area (Å²) >= 11 is 0. The number of carbonyl (C=O) groups is 1. The Bertz CT molecular complexity index is 832. The van der Waals surface area contributed by atoms with Gasteiger partial charge < -0.3 is 14.9 Å². The van der Waals surface area contributed by atoms with Gasteiger partial charge in [0.25, 0.3) is 5.91 Å². The van der Waals surface area contributed by atoms with Crippen molar-refractivity contribution in [2.45, 2.75) is 25.8 Å². The van der Waals surface area contributed by atoms with Crippen LogP contribution < -0.4 is 5.32 Å². The first-order chi connectivity index (χ1) is 11.3. The minimum Gasteiger partial charge on any atom is -0.351 e. The number of hydrogen-bond acceptors (Lipinski definition) is 2. The molecule has 4 rings (SSSR count). The van der Waals surface area contributed by atoms with Gasteiger partial charge in [-0.1, -0.05) is 30.3 Å². The molecule has 1 aliphatic rings. The van der Waals surface area contributed by atoms with Crippen LogP contribution in [-0.2, 0) is 13.0 Å². The first kappa shape index (κ1) is 13.8. The summed E-state index contributed by atoms with van der Waals surface area (Å²) in [7, 11) is 0. The van der Waals surface area contributed by atoms with E-state index in [-0.39, 0.29) is 5.91 Å². The standard InChI is InChI=1S/C18H18N4O/c23-18(21-17-12-19-16-8-4-5-11-22(16)17)15-10-9-14(20-15)13-6-2-1-3-7-13/h1-3,6-7,9-10,12,20H,4-5,8,11H2,(H,21,23). The van der Waals surface area contributed by atoms with Gasteiger partial charge >= 0.3 is 0 Å². The summed E-state index contributed by atoms with van der Waals surface area (Å²) in [5.74, 6) is 1.70. The highest BCUT2D eigenvalue weighted by Gasteiger charge is 2.17. The molecule has 0 saturated carbocycles. The third-order valence-corrected chi connectivity index (χ3v) is 4.23. The Balaban J connectivity index is 1.54. The summed E-state index contributed by atoms with van der Waals surface area (Å²) < 4.78 is 2.10. The number of aromatic amines is 1. The predicted octanol–water partition coefficient (Wildman–Crippen LogP) is 3.47. The molecule has 116 valence electrons. The number of aromatic nitrogens is 3. The molecule has 1 aromatic carbocycles. The first-order valence-electron chi connectivity index (χ1n) is 7.91. The second kappa shape index (κ2) is 5.76. The highest BCUT2D eigenvalue weighted by Crippen LogP contribution is 2.21. The molecule has 0 bridgehead atoms. The Morgan fingerprint density at radius 3 is 2.87 bits per heavy atom. The topological polar surface area (TPSA) is 62.7 Å². The van der Waals surface area contributed by atoms with Gasteiger partial charge in [0.05, 0.1) is 6.20 Å². The summed E-state index contributed by atoms with van der Waals surface area (Å²) in [6, 6.07) is 13.7. The summed E-state index contributed by atoms with van der Waals surface area (Å²) in [5, 5.41) is 2.96. The largest absolute Gasteiger partial charge is 0.351 e. The number of benzene rings is 1. The van der Waals surface area contributed by atoms with E-state index in [0.717, 1.165) is 42.3 Å². The molecule has 0 fully saturated rings. The van der Waals surface area contributed by atoms with Gasteiger partial charge in [-0.3, -0.25) is 4.79 Å². The maximum atomic E-state index is 12.5. The molecule has 0 unspecified atom stereocenters. The first-order valence-corrected chi connectivity index (χ1v) is 7.91. The van der Waals surface area contributed by atoms with E-state index in [4.69, 9.17) is 0 Å². The predicted molar refractivity (Wildman–Crippen MR) is 89.3 cm³/mol. The Morgan fingerprint density at radius 1 is 1.13 bits per heavy atom. The van der Waals surface area contributed by atoms with E-state index in [9.17, 15) is 4.79 Å². The zero-order valence-corrected chi connectivity index (χ0v) is 12.7. The molecule has 1 amide bonds. The number of rotatable bonds is 3. The lowest BCUT2D eigenvalue weighted by molar-refractivity contribution is 0.102. The van der Waals surface area contributed by atoms with E-state index in [1.807, 2.05) is 42.5 Å². The molecule has 0 spiro atoms. The van der Waals surface area contributed by atoms with Crippen molar-refractivity contribution in [3.63, 3.8) is 0 Å². The Hall–Kier alpha value is -2.82. The van der Waals surface area contributed by atoms with Crippen molar-refractivity contribution in [3.8, 4) is 11.3 Å². The minimum absolute atomic E-state index is 0.138. The molecule has 0 radical (unpaired) electrons. The van der Waals surface area contributed by atoms with Crippen molar-refractivity contribution >= 4 is 11.7 Å². The van der Waals surface area contributed by atoms with Gasteiger partial charge in [0.1, 0.15) is 17.3 Å². The second-order valence-electron chi connectivity index (χ2n) is 5.77. The van der Waals surface area contributed by atoms with Crippen LogP contribution in [0, 0.1) is 0 Å². The number of imidazole rings is 1. The monoisotopic (exact) mass is 306 g/mol. The van der Waals surface area contributed by atoms with Crippen LogP contribution in [0.1, 0.15) is 29.2 Å². The Morgan fingerprint density at radius 2 is 2.00 bits per heavy atom. The minimum atomic E-state index is -0.138. The van der Waals surface area contributed by atoms with Crippen molar-refractivity contribution in [3.05, 3.63) is 60.2 Å². The number of hydrogen-bond donors (Lipinski definition) is 2. The molecule has 2 N–H and O–H groups in total. The lowest BCUT2D eigenvalue weighted by Gasteiger charge is -2.16. The zero-order valence-electron chi connectivity index (χ0n) is 12.7. The number of H-pyrrole nitrogens is 1. The molecule has 3 aromatic rings. The summed E-state index contributed by atoms with van der Waals surface area (Å²) in [6.45, 7) is 0.922. The fourth-order valence-corrected chi connectivity index (χ4v) is 3.01. The molecular formula is C18H18N4O. The number of carbonyl (C=O) groups excluding carboxylic acids is 1. The van der Waals surface area contributed by atoms with Crippen molar-refractivity contribution in [1.82, 2.24) is 14.5 Å². The van der Waals surface area contributed by atoms with Gasteiger partial charge in [0.2, 0.25) is 0 Å². The van der Waals surface area contributed by atoms with Gasteiger partial charge in [-0.25, -0.2) is 4.98 Å². The van der Waals surface area contributed by atoms with Gasteiger partial charge in [-0.05, 0) is 30.5 Å². The SMILES string of the molecule is O=C(Nc1cnc2n1CCCC2)c1ccc(-c2ccccc2)[nH]1. The number of anilines is 1. The molecule has 0 aliphatic carbocycles. The number of aryl methyl sites for hydroxylation is 1. The van der Waals surface area contributed by atoms with Gasteiger partial charge in [-0.15, -0.1) is 0 Å². The number of nitrogens with one attached hydrogen (secondary N) is 2. The second-order valence-corrected chi connectivity index (χ2v) is 5.77. The lowest BCUT2D eigenvalue weighted by atomic mass is 10.2. The van der Waals surface area contributed by atoms with E-state index in [2.05, 4.69) is 19.9 Å². The van der Waals surface area contributed by atoms with Crippen LogP contribution in [0.25, 0.3) is 11.3 Å². The Labute approximate surface area is 134 Å². The number of fused-ring (bicyclic) bond motifs is 1. The van der Waals surface area contributed by atoms with E-state index < -0.39 is 0 Å². The average Bonchev–Trinajstić information content (AvgIpc) is 3.24. The fourth-order valence-electron chi connectivity index (χ4n) is 3.01. The van der Waals surface area contributed by atoms with Gasteiger partial charge in [0.15, 0.2) is 0 Å². The van der Waals surface area contributed by atoms with E-state index in [0.29, 0.717) is 5.69 Å². The van der Waals surface area contributed by atoms with Crippen LogP contribution in [0.3, 0.4) is 0 Å². The number of nitrogens with zero attached hydrogens (tertiary/aromatic N) is 2. The zero-order chi connectivity index (χ0) is 15.6. The normalized spacial score (nSPS) is 13.6. The van der Waals surface area contributed by atoms with Crippen LogP contribution in [0.15, 0.2) is 48.7 Å². The molecule has 0 atom stereocenters. The third kappa shape index (κ3) is 2.65. The molecular weight excluding hydrogens is 288 g/mol. The van der Waals surface area contributed by atoms with Crippen LogP contribution in [-0.4, -0.2) is 20.4 Å².